The lowest BCUT2D eigenvalue weighted by molar-refractivity contribution is -0.130. The number of amides is 7. The Labute approximate surface area is 267 Å². The minimum atomic E-state index is -0.364. The Morgan fingerprint density at radius 2 is 1.56 bits per heavy atom. The average Bonchev–Trinajstić information content (AvgIpc) is 3.69. The molecule has 2 heterocycles. The van der Waals surface area contributed by atoms with Gasteiger partial charge in [-0.2, -0.15) is 0 Å². The number of hydrogen-bond acceptors (Lipinski definition) is 6. The summed E-state index contributed by atoms with van der Waals surface area (Å²) >= 11 is 0. The van der Waals surface area contributed by atoms with Gasteiger partial charge in [-0.15, -0.1) is 0 Å². The molecule has 4 unspecified atom stereocenters. The maximum atomic E-state index is 13.5. The van der Waals surface area contributed by atoms with Crippen LogP contribution in [0.15, 0.2) is 24.3 Å². The van der Waals surface area contributed by atoms with Crippen molar-refractivity contribution in [2.45, 2.75) is 90.4 Å². The number of nitrogens with zero attached hydrogens (tertiary/aromatic N) is 4. The van der Waals surface area contributed by atoms with Crippen molar-refractivity contribution in [1.82, 2.24) is 30.2 Å². The fourth-order valence-electron chi connectivity index (χ4n) is 5.83. The lowest BCUT2D eigenvalue weighted by atomic mass is 10.1. The molecule has 2 aliphatic heterocycles. The summed E-state index contributed by atoms with van der Waals surface area (Å²) in [5.41, 5.74) is 1.12. The van der Waals surface area contributed by atoms with Gasteiger partial charge < -0.3 is 40.9 Å². The maximum Gasteiger partial charge on any atom is 0.321 e. The fourth-order valence-corrected chi connectivity index (χ4v) is 5.83. The van der Waals surface area contributed by atoms with Crippen LogP contribution in [0.3, 0.4) is 0 Å². The van der Waals surface area contributed by atoms with Gasteiger partial charge >= 0.3 is 12.1 Å². The van der Waals surface area contributed by atoms with E-state index in [1.165, 1.54) is 0 Å². The second kappa shape index (κ2) is 17.6. The Kier molecular flexibility index (Phi) is 13.9. The third kappa shape index (κ3) is 10.6. The van der Waals surface area contributed by atoms with E-state index in [0.29, 0.717) is 50.4 Å². The summed E-state index contributed by atoms with van der Waals surface area (Å²) in [6, 6.07) is 5.82. The lowest BCUT2D eigenvalue weighted by Gasteiger charge is -2.30. The summed E-state index contributed by atoms with van der Waals surface area (Å²) in [6.45, 7) is 10.6. The molecule has 0 aromatic heterocycles. The van der Waals surface area contributed by atoms with Crippen LogP contribution in [-0.2, 0) is 14.4 Å². The molecule has 250 valence electrons. The molecule has 2 saturated heterocycles. The first kappa shape index (κ1) is 35.6. The van der Waals surface area contributed by atoms with Gasteiger partial charge in [-0.25, -0.2) is 9.59 Å². The highest BCUT2D eigenvalue weighted by molar-refractivity contribution is 5.92. The molecule has 3 rings (SSSR count). The molecule has 4 atom stereocenters. The van der Waals surface area contributed by atoms with Gasteiger partial charge in [0.2, 0.25) is 18.2 Å². The molecular weight excluding hydrogens is 576 g/mol. The molecule has 0 saturated carbocycles. The van der Waals surface area contributed by atoms with Crippen molar-refractivity contribution in [3.8, 4) is 0 Å². The van der Waals surface area contributed by atoms with Crippen molar-refractivity contribution in [3.63, 3.8) is 0 Å². The van der Waals surface area contributed by atoms with Gasteiger partial charge in [-0.1, -0.05) is 0 Å². The van der Waals surface area contributed by atoms with Crippen LogP contribution < -0.4 is 21.3 Å². The van der Waals surface area contributed by atoms with E-state index >= 15 is 0 Å². The summed E-state index contributed by atoms with van der Waals surface area (Å²) in [6.07, 6.45) is 5.71. The Morgan fingerprint density at radius 1 is 0.956 bits per heavy atom. The third-order valence-corrected chi connectivity index (χ3v) is 8.81. The number of urea groups is 2. The van der Waals surface area contributed by atoms with Gasteiger partial charge in [-0.05, 0) is 91.1 Å². The molecule has 7 amide bonds. The van der Waals surface area contributed by atoms with E-state index in [4.69, 9.17) is 0 Å². The first-order chi connectivity index (χ1) is 21.6. The number of likely N-dealkylation sites (N-methyl/N-ethyl adjacent to an activating group) is 1. The molecule has 1 aromatic carbocycles. The molecule has 45 heavy (non-hydrogen) atoms. The van der Waals surface area contributed by atoms with E-state index in [2.05, 4.69) is 21.3 Å². The lowest BCUT2D eigenvalue weighted by Crippen LogP contribution is -2.50. The zero-order valence-electron chi connectivity index (χ0n) is 27.5. The van der Waals surface area contributed by atoms with Crippen LogP contribution in [0.4, 0.5) is 21.0 Å². The van der Waals surface area contributed by atoms with Crippen LogP contribution >= 0.6 is 0 Å². The molecular formula is C32H52N8O5. The molecule has 4 N–H and O–H groups in total. The fraction of sp³-hybridized carbons (Fsp3) is 0.656. The van der Waals surface area contributed by atoms with Crippen molar-refractivity contribution in [3.05, 3.63) is 24.3 Å². The average molecular weight is 629 g/mol. The minimum Gasteiger partial charge on any atom is -0.351 e. The summed E-state index contributed by atoms with van der Waals surface area (Å²) in [5.74, 6) is -0.0735. The molecule has 0 bridgehead atoms. The Hall–Kier alpha value is -3.87. The molecule has 2 fully saturated rings. The molecule has 1 aromatic rings. The van der Waals surface area contributed by atoms with Crippen LogP contribution in [0.1, 0.15) is 66.2 Å². The molecule has 2 aliphatic rings. The molecule has 0 spiro atoms. The van der Waals surface area contributed by atoms with Crippen molar-refractivity contribution < 1.29 is 24.0 Å². The number of likely N-dealkylation sites (tertiary alicyclic amines) is 2. The van der Waals surface area contributed by atoms with E-state index in [0.717, 1.165) is 45.2 Å². The second-order valence-corrected chi connectivity index (χ2v) is 12.1. The van der Waals surface area contributed by atoms with E-state index in [1.807, 2.05) is 30.6 Å². The number of benzene rings is 1. The largest absolute Gasteiger partial charge is 0.351 e. The van der Waals surface area contributed by atoms with Crippen LogP contribution in [-0.4, -0.2) is 120 Å². The number of carbonyl (C=O) groups is 5. The smallest absolute Gasteiger partial charge is 0.321 e. The zero-order valence-corrected chi connectivity index (χ0v) is 27.5. The predicted octanol–water partition coefficient (Wildman–Crippen LogP) is 2.90. The van der Waals surface area contributed by atoms with Crippen molar-refractivity contribution in [2.75, 3.05) is 56.9 Å². The van der Waals surface area contributed by atoms with Crippen molar-refractivity contribution >= 4 is 41.7 Å². The van der Waals surface area contributed by atoms with Gasteiger partial charge in [0, 0.05) is 75.2 Å². The van der Waals surface area contributed by atoms with Gasteiger partial charge in [-0.3, -0.25) is 14.4 Å². The Bertz CT molecular complexity index is 1140. The number of anilines is 2. The normalized spacial score (nSPS) is 19.0. The number of nitrogens with one attached hydrogen (secondary N) is 4. The minimum absolute atomic E-state index is 0.0610. The molecule has 13 heteroatoms. The Balaban J connectivity index is 1.58. The molecule has 0 radical (unpaired) electrons. The maximum absolute atomic E-state index is 13.5. The van der Waals surface area contributed by atoms with Crippen molar-refractivity contribution in [2.24, 2.45) is 0 Å². The number of rotatable bonds is 15. The van der Waals surface area contributed by atoms with Crippen LogP contribution in [0.5, 0.6) is 0 Å². The molecule has 0 aliphatic carbocycles. The van der Waals surface area contributed by atoms with E-state index in [9.17, 15) is 24.0 Å². The van der Waals surface area contributed by atoms with Gasteiger partial charge in [0.1, 0.15) is 0 Å². The SMILES string of the molecule is CCN(CCC(=O)N1CCCC1)C(=O)Nc1ccc(NC(=O)N(CCC2CCC(C)N2C=O)CC(C)NC(=O)C(C)NC)cc1. The summed E-state index contributed by atoms with van der Waals surface area (Å²) in [5, 5.41) is 11.7. The monoisotopic (exact) mass is 628 g/mol. The van der Waals surface area contributed by atoms with Crippen LogP contribution in [0.2, 0.25) is 0 Å². The summed E-state index contributed by atoms with van der Waals surface area (Å²) in [4.78, 5) is 69.7. The van der Waals surface area contributed by atoms with Crippen LogP contribution in [0.25, 0.3) is 0 Å². The number of carbonyl (C=O) groups excluding carboxylic acids is 5. The Morgan fingerprint density at radius 3 is 2.11 bits per heavy atom. The predicted molar refractivity (Wildman–Crippen MR) is 175 cm³/mol. The van der Waals surface area contributed by atoms with Gasteiger partial charge in [0.25, 0.3) is 0 Å². The summed E-state index contributed by atoms with van der Waals surface area (Å²) < 4.78 is 0. The number of hydrogen-bond donors (Lipinski definition) is 4. The zero-order chi connectivity index (χ0) is 32.9. The van der Waals surface area contributed by atoms with E-state index in [-0.39, 0.29) is 48.0 Å². The second-order valence-electron chi connectivity index (χ2n) is 12.1. The standard InChI is InChI=1S/C32H52N8O5/c1-6-37(20-16-29(42)38-17-7-8-18-38)31(44)35-26-10-12-27(13-11-26)36-32(45)39(21-23(2)34-30(43)25(4)33-5)19-15-28-14-9-24(3)40(28)22-41/h10-13,22-25,28,33H,6-9,14-21H2,1-5H3,(H,34,43)(H,35,44)(H,36,45). The first-order valence-electron chi connectivity index (χ1n) is 16.3. The van der Waals surface area contributed by atoms with Gasteiger partial charge in [0.15, 0.2) is 0 Å². The van der Waals surface area contributed by atoms with Crippen molar-refractivity contribution in [1.29, 1.82) is 0 Å². The topological polar surface area (TPSA) is 146 Å². The quantitative estimate of drug-likeness (QED) is 0.220. The molecule has 13 nitrogen and oxygen atoms in total. The van der Waals surface area contributed by atoms with E-state index in [1.54, 1.807) is 48.0 Å². The first-order valence-corrected chi connectivity index (χ1v) is 16.3. The highest BCUT2D eigenvalue weighted by Gasteiger charge is 2.30. The third-order valence-electron chi connectivity index (χ3n) is 8.81. The highest BCUT2D eigenvalue weighted by atomic mass is 16.2. The van der Waals surface area contributed by atoms with Gasteiger partial charge in [0.05, 0.1) is 6.04 Å². The van der Waals surface area contributed by atoms with E-state index < -0.39 is 0 Å². The highest BCUT2D eigenvalue weighted by Crippen LogP contribution is 2.25. The summed E-state index contributed by atoms with van der Waals surface area (Å²) in [7, 11) is 1.71. The van der Waals surface area contributed by atoms with Crippen LogP contribution in [0, 0.1) is 0 Å².